The van der Waals surface area contributed by atoms with Gasteiger partial charge in [0.15, 0.2) is 0 Å². The Hall–Kier alpha value is -8.16. The molecule has 0 saturated heterocycles. The normalized spacial score (nSPS) is 12.0. The minimum absolute atomic E-state index is 0.0620. The van der Waals surface area contributed by atoms with Crippen molar-refractivity contribution in [2.45, 2.75) is 78.1 Å². The standard InChI is InChI=1S/C68H64O10P2/c1-46(69)71-41-42-72-65(70)45-68(8,51-37-39-63(57(43-51)66(2,3)4)77-79(73-59-33-17-25-47-21-9-13-29-53(47)59)74-60-34-18-26-48-22-10-14-30-54(48)60)52-38-40-64(58(44-52)67(5,6)7)78-80(75-61-35-19-27-49-23-11-15-31-55(49)61)76-62-36-20-28-50-24-12-16-32-56(50)62/h9-40,43-44H,41-42,45H2,1-8H3. The van der Waals surface area contributed by atoms with Crippen molar-refractivity contribution >= 4 is 72.2 Å². The van der Waals surface area contributed by atoms with E-state index in [0.29, 0.717) is 34.5 Å². The number of carbonyl (C=O) groups excluding carboxylic acids is 2. The highest BCUT2D eigenvalue weighted by atomic mass is 31.2. The van der Waals surface area contributed by atoms with Crippen molar-refractivity contribution in [1.82, 2.24) is 0 Å². The largest absolute Gasteiger partial charge is 0.530 e. The van der Waals surface area contributed by atoms with E-state index in [4.69, 9.17) is 36.6 Å². The van der Waals surface area contributed by atoms with E-state index in [0.717, 1.165) is 65.3 Å². The Morgan fingerprint density at radius 3 is 0.988 bits per heavy atom. The lowest BCUT2D eigenvalue weighted by Gasteiger charge is -2.34. The third-order valence-electron chi connectivity index (χ3n) is 14.0. The summed E-state index contributed by atoms with van der Waals surface area (Å²) in [5.41, 5.74) is 1.39. The Morgan fingerprint density at radius 1 is 0.362 bits per heavy atom. The average molecular weight is 1100 g/mol. The van der Waals surface area contributed by atoms with E-state index in [9.17, 15) is 9.59 Å². The number of hydrogen-bond donors (Lipinski definition) is 0. The van der Waals surface area contributed by atoms with E-state index in [1.54, 1.807) is 0 Å². The molecule has 0 amide bonds. The van der Waals surface area contributed by atoms with Crippen LogP contribution in [0.3, 0.4) is 0 Å². The quantitative estimate of drug-likeness (QED) is 0.0441. The predicted octanol–water partition coefficient (Wildman–Crippen LogP) is 18.2. The van der Waals surface area contributed by atoms with Crippen molar-refractivity contribution in [1.29, 1.82) is 0 Å². The number of ether oxygens (including phenoxy) is 2. The highest BCUT2D eigenvalue weighted by Gasteiger charge is 2.38. The van der Waals surface area contributed by atoms with Gasteiger partial charge < -0.3 is 36.6 Å². The molecule has 0 N–H and O–H groups in total. The van der Waals surface area contributed by atoms with Crippen LogP contribution >= 0.6 is 17.2 Å². The van der Waals surface area contributed by atoms with Gasteiger partial charge in [-0.05, 0) is 79.9 Å². The molecule has 0 aliphatic heterocycles. The number of hydrogen-bond acceptors (Lipinski definition) is 10. The molecule has 80 heavy (non-hydrogen) atoms. The molecular formula is C68H64O10P2. The summed E-state index contributed by atoms with van der Waals surface area (Å²) < 4.78 is 52.3. The minimum atomic E-state index is -2.13. The Kier molecular flexibility index (Phi) is 16.3. The summed E-state index contributed by atoms with van der Waals surface area (Å²) in [6, 6.07) is 68.1. The van der Waals surface area contributed by atoms with Crippen LogP contribution in [0.15, 0.2) is 206 Å². The summed E-state index contributed by atoms with van der Waals surface area (Å²) in [7, 11) is -4.26. The van der Waals surface area contributed by atoms with E-state index in [1.165, 1.54) is 6.92 Å². The number of rotatable bonds is 19. The molecule has 10 rings (SSSR count). The monoisotopic (exact) mass is 1100 g/mol. The van der Waals surface area contributed by atoms with E-state index >= 15 is 0 Å². The van der Waals surface area contributed by atoms with Gasteiger partial charge in [0, 0.05) is 45.0 Å². The van der Waals surface area contributed by atoms with Crippen LogP contribution in [-0.4, -0.2) is 25.2 Å². The van der Waals surface area contributed by atoms with Crippen LogP contribution in [0.1, 0.15) is 84.1 Å². The maximum Gasteiger partial charge on any atom is 0.530 e. The molecule has 0 aliphatic rings. The number of fused-ring (bicyclic) bond motifs is 4. The van der Waals surface area contributed by atoms with E-state index in [2.05, 4.69) is 53.7 Å². The summed E-state index contributed by atoms with van der Waals surface area (Å²) in [6.45, 7) is 16.0. The lowest BCUT2D eigenvalue weighted by molar-refractivity contribution is -0.151. The first kappa shape index (κ1) is 55.2. The molecule has 10 aromatic carbocycles. The predicted molar refractivity (Wildman–Crippen MR) is 322 cm³/mol. The molecule has 10 nitrogen and oxygen atoms in total. The molecule has 0 aliphatic carbocycles. The van der Waals surface area contributed by atoms with Crippen LogP contribution in [0.4, 0.5) is 0 Å². The van der Waals surface area contributed by atoms with Gasteiger partial charge in [0.2, 0.25) is 0 Å². The molecule has 0 aromatic heterocycles. The zero-order valence-electron chi connectivity index (χ0n) is 46.2. The first-order chi connectivity index (χ1) is 38.5. The second-order valence-corrected chi connectivity index (χ2v) is 23.9. The molecule has 0 fully saturated rings. The molecule has 10 aromatic rings. The van der Waals surface area contributed by atoms with Gasteiger partial charge in [0.05, 0.1) is 6.42 Å². The van der Waals surface area contributed by atoms with E-state index in [-0.39, 0.29) is 19.6 Å². The molecular weight excluding hydrogens is 1040 g/mol. The molecule has 0 unspecified atom stereocenters. The van der Waals surface area contributed by atoms with Crippen LogP contribution in [0.2, 0.25) is 0 Å². The molecule has 0 radical (unpaired) electrons. The Labute approximate surface area is 470 Å². The highest BCUT2D eigenvalue weighted by Crippen LogP contribution is 2.52. The lowest BCUT2D eigenvalue weighted by Crippen LogP contribution is -2.30. The molecule has 0 spiro atoms. The minimum Gasteiger partial charge on any atom is -0.462 e. The molecule has 0 heterocycles. The second-order valence-electron chi connectivity index (χ2n) is 21.9. The van der Waals surface area contributed by atoms with Crippen molar-refractivity contribution in [3.8, 4) is 34.5 Å². The fraction of sp³-hybridized carbons (Fsp3) is 0.206. The van der Waals surface area contributed by atoms with Crippen molar-refractivity contribution in [3.05, 3.63) is 229 Å². The van der Waals surface area contributed by atoms with Gasteiger partial charge in [0.1, 0.15) is 47.7 Å². The zero-order chi connectivity index (χ0) is 56.0. The number of benzene rings is 10. The SMILES string of the molecule is CC(=O)OCCOC(=O)CC(C)(c1ccc(OP(Oc2cccc3ccccc23)Oc2cccc3ccccc23)c(C(C)(C)C)c1)c1ccc(OP(Oc2cccc3ccccc23)Oc2cccc3ccccc23)c(C(C)(C)C)c1. The zero-order valence-corrected chi connectivity index (χ0v) is 48.0. The topological polar surface area (TPSA) is 108 Å². The molecule has 0 bridgehead atoms. The van der Waals surface area contributed by atoms with Crippen LogP contribution < -0.4 is 27.1 Å². The Bertz CT molecular complexity index is 3450. The van der Waals surface area contributed by atoms with Gasteiger partial charge in [-0.2, -0.15) is 0 Å². The van der Waals surface area contributed by atoms with Gasteiger partial charge in [-0.25, -0.2) is 0 Å². The third-order valence-corrected chi connectivity index (χ3v) is 16.1. The first-order valence-corrected chi connectivity index (χ1v) is 28.9. The summed E-state index contributed by atoms with van der Waals surface area (Å²) >= 11 is 0. The fourth-order valence-electron chi connectivity index (χ4n) is 9.82. The molecule has 12 heteroatoms. The fourth-order valence-corrected chi connectivity index (χ4v) is 12.0. The maximum absolute atomic E-state index is 14.2. The van der Waals surface area contributed by atoms with Gasteiger partial charge in [-0.1, -0.05) is 218 Å². The van der Waals surface area contributed by atoms with Gasteiger partial charge in [0.25, 0.3) is 0 Å². The summed E-state index contributed by atoms with van der Waals surface area (Å²) in [4.78, 5) is 25.9. The van der Waals surface area contributed by atoms with Crippen LogP contribution in [0.25, 0.3) is 43.1 Å². The highest BCUT2D eigenvalue weighted by molar-refractivity contribution is 7.43. The summed E-state index contributed by atoms with van der Waals surface area (Å²) in [6.07, 6.45) is -0.0666. The smallest absolute Gasteiger partial charge is 0.462 e. The number of esters is 2. The molecule has 0 atom stereocenters. The van der Waals surface area contributed by atoms with Gasteiger partial charge in [-0.3, -0.25) is 9.59 Å². The molecule has 406 valence electrons. The Morgan fingerprint density at radius 2 is 0.662 bits per heavy atom. The lowest BCUT2D eigenvalue weighted by atomic mass is 9.70. The van der Waals surface area contributed by atoms with Gasteiger partial charge in [-0.15, -0.1) is 0 Å². The summed E-state index contributed by atoms with van der Waals surface area (Å²) in [5.74, 6) is 2.68. The van der Waals surface area contributed by atoms with E-state index in [1.807, 2.05) is 201 Å². The second kappa shape index (κ2) is 23.7. The van der Waals surface area contributed by atoms with Crippen molar-refractivity contribution in [3.63, 3.8) is 0 Å². The van der Waals surface area contributed by atoms with Crippen molar-refractivity contribution in [2.75, 3.05) is 13.2 Å². The van der Waals surface area contributed by atoms with Crippen LogP contribution in [0.5, 0.6) is 34.5 Å². The number of carbonyl (C=O) groups is 2. The summed E-state index contributed by atoms with van der Waals surface area (Å²) in [5, 5.41) is 7.78. The van der Waals surface area contributed by atoms with Crippen molar-refractivity contribution < 1.29 is 46.2 Å². The first-order valence-electron chi connectivity index (χ1n) is 26.7. The van der Waals surface area contributed by atoms with Crippen LogP contribution in [-0.2, 0) is 35.3 Å². The average Bonchev–Trinajstić information content (AvgIpc) is 3.61. The van der Waals surface area contributed by atoms with Gasteiger partial charge >= 0.3 is 29.1 Å². The van der Waals surface area contributed by atoms with Crippen molar-refractivity contribution in [2.24, 2.45) is 0 Å². The van der Waals surface area contributed by atoms with E-state index < -0.39 is 45.4 Å². The Balaban J connectivity index is 1.05. The maximum atomic E-state index is 14.2. The third kappa shape index (κ3) is 12.6. The van der Waals surface area contributed by atoms with Crippen LogP contribution in [0, 0.1) is 0 Å². The molecule has 0 saturated carbocycles.